The van der Waals surface area contributed by atoms with Crippen LogP contribution in [0, 0.1) is 20.2 Å². The number of hydrogen-bond acceptors (Lipinski definition) is 7. The minimum absolute atomic E-state index is 0.0319. The zero-order chi connectivity index (χ0) is 17.8. The third kappa shape index (κ3) is 3.63. The SMILES string of the molecule is O=[N+]([O-])c1ccccc1CSc1n[nH]c(-c2ccccc2[N+](=O)[O-])n1. The predicted molar refractivity (Wildman–Crippen MR) is 91.1 cm³/mol. The first-order valence-electron chi connectivity index (χ1n) is 7.07. The number of thioether (sulfide) groups is 1. The highest BCUT2D eigenvalue weighted by molar-refractivity contribution is 7.98. The molecule has 1 heterocycles. The van der Waals surface area contributed by atoms with Gasteiger partial charge in [0.25, 0.3) is 11.4 Å². The molecular formula is C15H11N5O4S. The Morgan fingerprint density at radius 2 is 1.60 bits per heavy atom. The largest absolute Gasteiger partial charge is 0.280 e. The lowest BCUT2D eigenvalue weighted by Gasteiger charge is -2.00. The summed E-state index contributed by atoms with van der Waals surface area (Å²) in [5.41, 5.74) is 0.838. The summed E-state index contributed by atoms with van der Waals surface area (Å²) in [4.78, 5) is 25.4. The summed E-state index contributed by atoms with van der Waals surface area (Å²) in [5.74, 6) is 0.586. The molecule has 1 N–H and O–H groups in total. The predicted octanol–water partition coefficient (Wildman–Crippen LogP) is 3.58. The van der Waals surface area contributed by atoms with Crippen molar-refractivity contribution in [1.29, 1.82) is 0 Å². The summed E-state index contributed by atoms with van der Waals surface area (Å²) >= 11 is 1.21. The monoisotopic (exact) mass is 357 g/mol. The van der Waals surface area contributed by atoms with Crippen LogP contribution in [0.3, 0.4) is 0 Å². The van der Waals surface area contributed by atoms with Crippen molar-refractivity contribution in [2.24, 2.45) is 0 Å². The van der Waals surface area contributed by atoms with E-state index in [1.165, 1.54) is 23.9 Å². The van der Waals surface area contributed by atoms with Gasteiger partial charge in [0.2, 0.25) is 5.16 Å². The third-order valence-corrected chi connectivity index (χ3v) is 4.26. The topological polar surface area (TPSA) is 128 Å². The number of benzene rings is 2. The maximum atomic E-state index is 11.1. The number of nitro groups is 2. The van der Waals surface area contributed by atoms with Gasteiger partial charge < -0.3 is 0 Å². The van der Waals surface area contributed by atoms with Crippen LogP contribution in [0.25, 0.3) is 11.4 Å². The van der Waals surface area contributed by atoms with Crippen molar-refractivity contribution >= 4 is 23.1 Å². The van der Waals surface area contributed by atoms with E-state index in [1.807, 2.05) is 0 Å². The van der Waals surface area contributed by atoms with Crippen LogP contribution in [0.4, 0.5) is 11.4 Å². The first-order chi connectivity index (χ1) is 12.1. The molecule has 3 aromatic rings. The molecule has 0 saturated carbocycles. The molecule has 2 aromatic carbocycles. The van der Waals surface area contributed by atoms with E-state index in [9.17, 15) is 20.2 Å². The molecule has 0 aliphatic heterocycles. The maximum absolute atomic E-state index is 11.1. The Balaban J connectivity index is 1.80. The Kier molecular flexibility index (Phi) is 4.70. The third-order valence-electron chi connectivity index (χ3n) is 3.37. The average Bonchev–Trinajstić information content (AvgIpc) is 3.09. The van der Waals surface area contributed by atoms with E-state index in [4.69, 9.17) is 0 Å². The van der Waals surface area contributed by atoms with Gasteiger partial charge in [0, 0.05) is 23.4 Å². The van der Waals surface area contributed by atoms with E-state index in [2.05, 4.69) is 15.2 Å². The van der Waals surface area contributed by atoms with Gasteiger partial charge in [-0.1, -0.05) is 42.1 Å². The zero-order valence-electron chi connectivity index (χ0n) is 12.7. The first-order valence-corrected chi connectivity index (χ1v) is 8.06. The number of rotatable bonds is 6. The van der Waals surface area contributed by atoms with Crippen LogP contribution >= 0.6 is 11.8 Å². The smallest absolute Gasteiger partial charge is 0.258 e. The van der Waals surface area contributed by atoms with Crippen LogP contribution in [0.5, 0.6) is 0 Å². The first kappa shape index (κ1) is 16.6. The molecule has 0 saturated heterocycles. The van der Waals surface area contributed by atoms with Crippen LogP contribution in [-0.4, -0.2) is 25.0 Å². The highest BCUT2D eigenvalue weighted by Crippen LogP contribution is 2.30. The number of H-pyrrole nitrogens is 1. The lowest BCUT2D eigenvalue weighted by atomic mass is 10.2. The molecule has 126 valence electrons. The van der Waals surface area contributed by atoms with Crippen LogP contribution in [0.1, 0.15) is 5.56 Å². The van der Waals surface area contributed by atoms with Crippen LogP contribution in [0.15, 0.2) is 53.7 Å². The standard InChI is InChI=1S/C15H11N5O4S/c21-19(22)12-7-3-1-5-10(12)9-25-15-16-14(17-18-15)11-6-2-4-8-13(11)20(23)24/h1-8H,9H2,(H,16,17,18). The summed E-state index contributed by atoms with van der Waals surface area (Å²) in [7, 11) is 0. The summed E-state index contributed by atoms with van der Waals surface area (Å²) in [6, 6.07) is 12.6. The van der Waals surface area contributed by atoms with Crippen molar-refractivity contribution in [3.05, 3.63) is 74.3 Å². The van der Waals surface area contributed by atoms with E-state index in [1.54, 1.807) is 36.4 Å². The molecule has 1 aromatic heterocycles. The molecule has 9 nitrogen and oxygen atoms in total. The molecule has 25 heavy (non-hydrogen) atoms. The van der Waals surface area contributed by atoms with Gasteiger partial charge in [-0.25, -0.2) is 4.98 Å². The highest BCUT2D eigenvalue weighted by Gasteiger charge is 2.18. The Hall–Kier alpha value is -3.27. The minimum Gasteiger partial charge on any atom is -0.258 e. The second kappa shape index (κ2) is 7.09. The molecule has 10 heteroatoms. The maximum Gasteiger partial charge on any atom is 0.280 e. The van der Waals surface area contributed by atoms with E-state index in [-0.39, 0.29) is 17.2 Å². The van der Waals surface area contributed by atoms with Gasteiger partial charge in [-0.15, -0.1) is 5.10 Å². The van der Waals surface area contributed by atoms with Crippen LogP contribution in [-0.2, 0) is 5.75 Å². The highest BCUT2D eigenvalue weighted by atomic mass is 32.2. The second-order valence-corrected chi connectivity index (χ2v) is 5.86. The number of nitrogens with one attached hydrogen (secondary N) is 1. The molecule has 0 bridgehead atoms. The zero-order valence-corrected chi connectivity index (χ0v) is 13.5. The van der Waals surface area contributed by atoms with Gasteiger partial charge in [-0.05, 0) is 6.07 Å². The molecule has 0 aliphatic rings. The van der Waals surface area contributed by atoms with Crippen molar-refractivity contribution in [3.8, 4) is 11.4 Å². The van der Waals surface area contributed by atoms with Crippen LogP contribution in [0.2, 0.25) is 0 Å². The lowest BCUT2D eigenvalue weighted by molar-refractivity contribution is -0.385. The molecule has 0 amide bonds. The lowest BCUT2D eigenvalue weighted by Crippen LogP contribution is -1.93. The normalized spacial score (nSPS) is 10.6. The Labute approximate surface area is 145 Å². The number of para-hydroxylation sites is 2. The molecule has 0 unspecified atom stereocenters. The summed E-state index contributed by atoms with van der Waals surface area (Å²) < 4.78 is 0. The van der Waals surface area contributed by atoms with Crippen molar-refractivity contribution in [2.75, 3.05) is 0 Å². The van der Waals surface area contributed by atoms with Crippen molar-refractivity contribution < 1.29 is 9.85 Å². The Morgan fingerprint density at radius 3 is 2.32 bits per heavy atom. The van der Waals surface area contributed by atoms with Gasteiger partial charge >= 0.3 is 0 Å². The van der Waals surface area contributed by atoms with Gasteiger partial charge in [0.15, 0.2) is 5.82 Å². The van der Waals surface area contributed by atoms with E-state index in [0.29, 0.717) is 22.0 Å². The average molecular weight is 357 g/mol. The number of nitro benzene ring substituents is 2. The van der Waals surface area contributed by atoms with Gasteiger partial charge in [-0.2, -0.15) is 0 Å². The van der Waals surface area contributed by atoms with Crippen LogP contribution < -0.4 is 0 Å². The summed E-state index contributed by atoms with van der Waals surface area (Å²) in [6.07, 6.45) is 0. The molecule has 3 rings (SSSR count). The van der Waals surface area contributed by atoms with Gasteiger partial charge in [-0.3, -0.25) is 25.3 Å². The molecule has 0 fully saturated rings. The summed E-state index contributed by atoms with van der Waals surface area (Å²) in [6.45, 7) is 0. The molecule has 0 radical (unpaired) electrons. The fourth-order valence-corrected chi connectivity index (χ4v) is 3.01. The number of hydrogen-bond donors (Lipinski definition) is 1. The Bertz CT molecular complexity index is 943. The van der Waals surface area contributed by atoms with E-state index in [0.717, 1.165) is 0 Å². The van der Waals surface area contributed by atoms with Crippen molar-refractivity contribution in [3.63, 3.8) is 0 Å². The number of aromatic amines is 1. The fourth-order valence-electron chi connectivity index (χ4n) is 2.22. The quantitative estimate of drug-likeness (QED) is 0.405. The molecular weight excluding hydrogens is 346 g/mol. The van der Waals surface area contributed by atoms with E-state index >= 15 is 0 Å². The van der Waals surface area contributed by atoms with E-state index < -0.39 is 9.85 Å². The van der Waals surface area contributed by atoms with Gasteiger partial charge in [0.05, 0.1) is 15.4 Å². The molecule has 0 aliphatic carbocycles. The van der Waals surface area contributed by atoms with Crippen molar-refractivity contribution in [2.45, 2.75) is 10.9 Å². The molecule has 0 atom stereocenters. The second-order valence-electron chi connectivity index (χ2n) is 4.92. The molecule has 0 spiro atoms. The fraction of sp³-hybridized carbons (Fsp3) is 0.0667. The minimum atomic E-state index is -0.488. The number of aromatic nitrogens is 3. The number of nitrogens with zero attached hydrogens (tertiary/aromatic N) is 4. The summed E-state index contributed by atoms with van der Waals surface area (Å²) in [5, 5.41) is 29.1. The van der Waals surface area contributed by atoms with Gasteiger partial charge in [0.1, 0.15) is 0 Å². The van der Waals surface area contributed by atoms with Crippen molar-refractivity contribution in [1.82, 2.24) is 15.2 Å². The Morgan fingerprint density at radius 1 is 0.960 bits per heavy atom.